The van der Waals surface area contributed by atoms with E-state index in [1.165, 1.54) is 36.4 Å². The van der Waals surface area contributed by atoms with E-state index < -0.39 is 70.1 Å². The third-order valence-corrected chi connectivity index (χ3v) is 11.2. The Morgan fingerprint density at radius 3 is 2.30 bits per heavy atom. The molecule has 1 aliphatic heterocycles. The molecule has 3 aromatic carbocycles. The van der Waals surface area contributed by atoms with Gasteiger partial charge in [0.1, 0.15) is 28.4 Å². The first kappa shape index (κ1) is 42.9. The molecule has 1 amide bonds. The number of hydrogen-bond acceptors (Lipinski definition) is 7. The van der Waals surface area contributed by atoms with Crippen molar-refractivity contribution in [2.24, 2.45) is 11.3 Å². The smallest absolute Gasteiger partial charge is 0.491 e. The summed E-state index contributed by atoms with van der Waals surface area (Å²) in [6, 6.07) is 11.7. The molecule has 0 aromatic heterocycles. The number of likely N-dealkylation sites (tertiary alicyclic amines) is 1. The Morgan fingerprint density at radius 2 is 1.70 bits per heavy atom. The van der Waals surface area contributed by atoms with E-state index in [9.17, 15) is 32.8 Å². The van der Waals surface area contributed by atoms with Crippen molar-refractivity contribution in [3.8, 4) is 11.8 Å². The number of nitriles is 1. The number of ether oxygens (including phenoxy) is 2. The normalized spacial score (nSPS) is 22.0. The van der Waals surface area contributed by atoms with E-state index in [4.69, 9.17) is 27.9 Å². The highest BCUT2D eigenvalue weighted by Crippen LogP contribution is 2.57. The Bertz CT molecular complexity index is 2010. The van der Waals surface area contributed by atoms with Gasteiger partial charge >= 0.3 is 18.1 Å². The fourth-order valence-electron chi connectivity index (χ4n) is 8.27. The van der Waals surface area contributed by atoms with Crippen LogP contribution in [0.25, 0.3) is 0 Å². The average molecular weight is 823 g/mol. The summed E-state index contributed by atoms with van der Waals surface area (Å²) in [5, 5.41) is 14.1. The number of methoxy groups -OCH3 is 1. The van der Waals surface area contributed by atoms with Crippen molar-refractivity contribution in [3.05, 3.63) is 93.0 Å². The maximum atomic E-state index is 16.5. The van der Waals surface area contributed by atoms with E-state index in [0.717, 1.165) is 57.4 Å². The van der Waals surface area contributed by atoms with Crippen LogP contribution in [0.15, 0.2) is 54.6 Å². The van der Waals surface area contributed by atoms with Gasteiger partial charge in [-0.25, -0.2) is 18.4 Å². The van der Waals surface area contributed by atoms with Gasteiger partial charge in [0.05, 0.1) is 24.2 Å². The summed E-state index contributed by atoms with van der Waals surface area (Å²) in [6.07, 6.45) is 0.629. The number of hydrogen-bond donors (Lipinski definition) is 1. The van der Waals surface area contributed by atoms with Crippen LogP contribution in [0.4, 0.5) is 27.6 Å². The molecule has 15 heteroatoms. The number of benzene rings is 3. The zero-order valence-corrected chi connectivity index (χ0v) is 32.8. The molecule has 1 N–H and O–H groups in total. The van der Waals surface area contributed by atoms with Gasteiger partial charge in [-0.2, -0.15) is 18.4 Å². The molecule has 1 saturated carbocycles. The summed E-state index contributed by atoms with van der Waals surface area (Å²) in [4.78, 5) is 40.8. The summed E-state index contributed by atoms with van der Waals surface area (Å²) in [5.74, 6) is -8.16. The molecule has 300 valence electrons. The molecular formula is C41H42Cl2F5N3O5. The molecule has 0 radical (unpaired) electrons. The lowest BCUT2D eigenvalue weighted by Crippen LogP contribution is -2.48. The third kappa shape index (κ3) is 8.98. The maximum absolute atomic E-state index is 16.5. The Morgan fingerprint density at radius 1 is 1.00 bits per heavy atom. The first-order valence-electron chi connectivity index (χ1n) is 18.2. The molecule has 4 atom stereocenters. The van der Waals surface area contributed by atoms with Crippen LogP contribution in [-0.2, 0) is 19.7 Å². The highest BCUT2D eigenvalue weighted by molar-refractivity contribution is 6.31. The van der Waals surface area contributed by atoms with Crippen molar-refractivity contribution >= 4 is 46.7 Å². The Balaban J connectivity index is 1.70. The molecule has 0 spiro atoms. The largest absolute Gasteiger partial charge is 0.496 e. The van der Waals surface area contributed by atoms with Crippen molar-refractivity contribution in [2.75, 3.05) is 19.0 Å². The second-order valence-electron chi connectivity index (χ2n) is 15.6. The number of nitrogens with zero attached hydrogens (tertiary/aromatic N) is 2. The molecule has 3 aromatic rings. The number of carbonyl (C=O) groups excluding carboxylic acids is 3. The van der Waals surface area contributed by atoms with Crippen LogP contribution in [0, 0.1) is 34.3 Å². The quantitative estimate of drug-likeness (QED) is 0.123. The van der Waals surface area contributed by atoms with E-state index in [1.54, 1.807) is 0 Å². The van der Waals surface area contributed by atoms with Gasteiger partial charge in [0.15, 0.2) is 0 Å². The number of nitrogens with one attached hydrogen (secondary N) is 1. The molecule has 8 nitrogen and oxygen atoms in total. The number of anilines is 1. The number of alkyl halides is 3. The van der Waals surface area contributed by atoms with E-state index in [1.807, 2.05) is 25.7 Å². The van der Waals surface area contributed by atoms with Gasteiger partial charge < -0.3 is 14.8 Å². The lowest BCUT2D eigenvalue weighted by Gasteiger charge is -2.40. The van der Waals surface area contributed by atoms with Crippen LogP contribution in [-0.4, -0.2) is 54.7 Å². The monoisotopic (exact) mass is 821 g/mol. The van der Waals surface area contributed by atoms with Crippen LogP contribution in [0.3, 0.4) is 0 Å². The predicted molar refractivity (Wildman–Crippen MR) is 200 cm³/mol. The minimum atomic E-state index is -5.43. The second-order valence-corrected chi connectivity index (χ2v) is 16.4. The van der Waals surface area contributed by atoms with Gasteiger partial charge in [-0.15, -0.1) is 0 Å². The Hall–Kier alpha value is -4.25. The molecule has 5 rings (SSSR count). The first-order chi connectivity index (χ1) is 26.3. The minimum absolute atomic E-state index is 0.00240. The molecule has 0 bridgehead atoms. The van der Waals surface area contributed by atoms with Crippen LogP contribution >= 0.6 is 23.2 Å². The third-order valence-electron chi connectivity index (χ3n) is 10.7. The first-order valence-corrected chi connectivity index (χ1v) is 19.0. The zero-order valence-electron chi connectivity index (χ0n) is 31.2. The van der Waals surface area contributed by atoms with Crippen LogP contribution in [0.2, 0.25) is 10.0 Å². The number of amides is 1. The van der Waals surface area contributed by atoms with Crippen molar-refractivity contribution < 1.29 is 45.8 Å². The topological polar surface area (TPSA) is 109 Å². The van der Waals surface area contributed by atoms with Gasteiger partial charge in [-0.3, -0.25) is 9.69 Å². The average Bonchev–Trinajstić information content (AvgIpc) is 3.39. The van der Waals surface area contributed by atoms with E-state index >= 15 is 8.78 Å². The van der Waals surface area contributed by atoms with Gasteiger partial charge in [0.2, 0.25) is 5.91 Å². The standard InChI is InChI=1S/C41H42Cl2F5N3O5/c1-39(2,3)21-32-40(22-49,28-16-13-24(42)19-30(28)44)33(27-11-8-12-29(43)34(27)45)35(51(32)18-17-23-9-6-5-7-10-23)36(52)50-25-14-15-26(31(20-25)55-4)37(53)56-38(54)41(46,47)48/h8,11-16,19-20,23,32-33,35H,5-7,9-10,17-18,21H2,1-4H3,(H,50,52)/t32-,33-,35+,40-/m0/s1. The molecule has 2 fully saturated rings. The number of rotatable bonds is 10. The summed E-state index contributed by atoms with van der Waals surface area (Å²) in [7, 11) is 1.12. The fourth-order valence-corrected chi connectivity index (χ4v) is 8.61. The Labute approximate surface area is 332 Å². The second kappa shape index (κ2) is 17.1. The van der Waals surface area contributed by atoms with Gasteiger partial charge in [-0.05, 0) is 66.6 Å². The summed E-state index contributed by atoms with van der Waals surface area (Å²) in [6.45, 7) is 6.16. The van der Waals surface area contributed by atoms with Gasteiger partial charge in [-0.1, -0.05) is 94.3 Å². The molecule has 0 unspecified atom stereocenters. The van der Waals surface area contributed by atoms with Crippen LogP contribution < -0.4 is 10.1 Å². The predicted octanol–water partition coefficient (Wildman–Crippen LogP) is 10.2. The van der Waals surface area contributed by atoms with Gasteiger partial charge in [0.25, 0.3) is 0 Å². The SMILES string of the molecule is COc1cc(NC(=O)[C@H]2[C@H](c3cccc(Cl)c3F)[C@@](C#N)(c3ccc(Cl)cc3F)[C@H](CC(C)(C)C)N2CCC2CCCCC2)ccc1C(=O)OC(=O)C(F)(F)F. The number of halogens is 7. The van der Waals surface area contributed by atoms with Crippen molar-refractivity contribution in [3.63, 3.8) is 0 Å². The summed E-state index contributed by atoms with van der Waals surface area (Å²) in [5.41, 5.74) is -3.08. The van der Waals surface area contributed by atoms with Crippen LogP contribution in [0.5, 0.6) is 5.75 Å². The van der Waals surface area contributed by atoms with E-state index in [0.29, 0.717) is 18.9 Å². The lowest BCUT2D eigenvalue weighted by molar-refractivity contribution is -0.193. The van der Waals surface area contributed by atoms with Crippen molar-refractivity contribution in [1.82, 2.24) is 4.90 Å². The Kier molecular flexibility index (Phi) is 13.1. The molecule has 1 aliphatic carbocycles. The highest BCUT2D eigenvalue weighted by atomic mass is 35.5. The van der Waals surface area contributed by atoms with Crippen molar-refractivity contribution in [1.29, 1.82) is 5.26 Å². The minimum Gasteiger partial charge on any atom is -0.496 e. The fraction of sp³-hybridized carbons (Fsp3) is 0.463. The number of esters is 2. The number of carbonyl (C=O) groups is 3. The molecule has 1 saturated heterocycles. The van der Waals surface area contributed by atoms with E-state index in [-0.39, 0.29) is 39.0 Å². The zero-order chi connectivity index (χ0) is 41.2. The highest BCUT2D eigenvalue weighted by Gasteiger charge is 2.64. The van der Waals surface area contributed by atoms with Crippen LogP contribution in [0.1, 0.15) is 93.1 Å². The molecule has 56 heavy (non-hydrogen) atoms. The molecule has 1 heterocycles. The maximum Gasteiger partial charge on any atom is 0.491 e. The lowest BCUT2D eigenvalue weighted by atomic mass is 9.62. The van der Waals surface area contributed by atoms with Gasteiger partial charge in [0, 0.05) is 34.3 Å². The summed E-state index contributed by atoms with van der Waals surface area (Å²) < 4.78 is 80.5. The summed E-state index contributed by atoms with van der Waals surface area (Å²) >= 11 is 12.6. The molecular weight excluding hydrogens is 780 g/mol. The van der Waals surface area contributed by atoms with E-state index in [2.05, 4.69) is 16.1 Å². The molecule has 2 aliphatic rings. The van der Waals surface area contributed by atoms with Crippen molar-refractivity contribution in [2.45, 2.75) is 95.3 Å².